The first-order valence-corrected chi connectivity index (χ1v) is 8.72. The van der Waals surface area contributed by atoms with Crippen LogP contribution < -0.4 is 21.1 Å². The van der Waals surface area contributed by atoms with Gasteiger partial charge in [-0.05, 0) is 38.1 Å². The number of nitrogen functional groups attached to an aromatic ring is 1. The zero-order valence-electron chi connectivity index (χ0n) is 14.4. The lowest BCUT2D eigenvalue weighted by Gasteiger charge is -2.09. The van der Waals surface area contributed by atoms with Gasteiger partial charge in [-0.15, -0.1) is 0 Å². The summed E-state index contributed by atoms with van der Waals surface area (Å²) >= 11 is 0. The Kier molecular flexibility index (Phi) is 10.9. The molecule has 0 unspecified atom stereocenters. The minimum absolute atomic E-state index is 0.0688. The lowest BCUT2D eigenvalue weighted by molar-refractivity contribution is 0.308. The van der Waals surface area contributed by atoms with Gasteiger partial charge in [-0.3, -0.25) is 5.41 Å². The predicted octanol–water partition coefficient (Wildman–Crippen LogP) is 2.50. The highest BCUT2D eigenvalue weighted by Gasteiger charge is 1.99. The summed E-state index contributed by atoms with van der Waals surface area (Å²) in [6.45, 7) is 6.99. The van der Waals surface area contributed by atoms with Gasteiger partial charge < -0.3 is 21.1 Å². The molecule has 0 radical (unpaired) electrons. The molecule has 1 aromatic carbocycles. The summed E-state index contributed by atoms with van der Waals surface area (Å²) in [6, 6.07) is 7.36. The molecule has 23 heavy (non-hydrogen) atoms. The summed E-state index contributed by atoms with van der Waals surface area (Å²) in [5.74, 6) is 0.839. The molecule has 0 fully saturated rings. The van der Waals surface area contributed by atoms with Crippen molar-refractivity contribution in [3.05, 3.63) is 29.8 Å². The molecular weight excluding hydrogens is 288 g/mol. The molecule has 0 aromatic heterocycles. The van der Waals surface area contributed by atoms with Gasteiger partial charge in [-0.25, -0.2) is 0 Å². The van der Waals surface area contributed by atoms with Crippen molar-refractivity contribution >= 4 is 5.84 Å². The maximum absolute atomic E-state index is 7.41. The van der Waals surface area contributed by atoms with Gasteiger partial charge in [0.15, 0.2) is 0 Å². The second kappa shape index (κ2) is 12.9. The fraction of sp³-hybridized carbons (Fsp3) is 0.611. The second-order valence-electron chi connectivity index (χ2n) is 5.70. The summed E-state index contributed by atoms with van der Waals surface area (Å²) in [4.78, 5) is 0. The fourth-order valence-corrected chi connectivity index (χ4v) is 2.24. The van der Waals surface area contributed by atoms with E-state index in [4.69, 9.17) is 15.9 Å². The normalized spacial score (nSPS) is 10.7. The summed E-state index contributed by atoms with van der Waals surface area (Å²) < 4.78 is 5.67. The maximum Gasteiger partial charge on any atom is 0.122 e. The van der Waals surface area contributed by atoms with Crippen LogP contribution in [0, 0.1) is 5.41 Å². The Balaban J connectivity index is 1.93. The Hall–Kier alpha value is -1.59. The molecule has 0 saturated carbocycles. The van der Waals surface area contributed by atoms with Crippen LogP contribution in [-0.4, -0.2) is 38.6 Å². The molecule has 0 spiro atoms. The van der Waals surface area contributed by atoms with E-state index in [0.29, 0.717) is 12.2 Å². The van der Waals surface area contributed by atoms with E-state index in [2.05, 4.69) is 17.6 Å². The quantitative estimate of drug-likeness (QED) is 0.241. The van der Waals surface area contributed by atoms with E-state index in [1.807, 2.05) is 18.2 Å². The number of amidine groups is 1. The van der Waals surface area contributed by atoms with Gasteiger partial charge in [-0.1, -0.05) is 38.3 Å². The molecule has 0 atom stereocenters. The Morgan fingerprint density at radius 2 is 1.78 bits per heavy atom. The minimum Gasteiger partial charge on any atom is -0.494 e. The third-order valence-corrected chi connectivity index (χ3v) is 3.60. The molecule has 0 bridgehead atoms. The van der Waals surface area contributed by atoms with Crippen LogP contribution in [0.3, 0.4) is 0 Å². The van der Waals surface area contributed by atoms with Crippen LogP contribution in [0.2, 0.25) is 0 Å². The topological polar surface area (TPSA) is 83.2 Å². The number of ether oxygens (including phenoxy) is 1. The summed E-state index contributed by atoms with van der Waals surface area (Å²) in [6.07, 6.45) is 6.21. The van der Waals surface area contributed by atoms with Gasteiger partial charge >= 0.3 is 0 Å². The predicted molar refractivity (Wildman–Crippen MR) is 97.5 cm³/mol. The highest BCUT2D eigenvalue weighted by molar-refractivity contribution is 5.95. The van der Waals surface area contributed by atoms with Crippen LogP contribution in [0.15, 0.2) is 24.3 Å². The van der Waals surface area contributed by atoms with Crippen molar-refractivity contribution in [1.82, 2.24) is 10.6 Å². The monoisotopic (exact) mass is 320 g/mol. The largest absolute Gasteiger partial charge is 0.494 e. The molecule has 1 rings (SSSR count). The van der Waals surface area contributed by atoms with Gasteiger partial charge in [0.25, 0.3) is 0 Å². The number of hydrogen-bond donors (Lipinski definition) is 4. The lowest BCUT2D eigenvalue weighted by atomic mass is 10.2. The van der Waals surface area contributed by atoms with Gasteiger partial charge in [0, 0.05) is 18.7 Å². The first-order valence-electron chi connectivity index (χ1n) is 8.72. The van der Waals surface area contributed by atoms with Crippen molar-refractivity contribution in [2.75, 3.05) is 32.8 Å². The first kappa shape index (κ1) is 19.5. The number of nitrogens with one attached hydrogen (secondary N) is 3. The third-order valence-electron chi connectivity index (χ3n) is 3.60. The average molecular weight is 320 g/mol. The molecule has 5 nitrogen and oxygen atoms in total. The van der Waals surface area contributed by atoms with E-state index in [1.54, 1.807) is 6.07 Å². The van der Waals surface area contributed by atoms with Crippen molar-refractivity contribution in [2.24, 2.45) is 5.73 Å². The molecule has 0 aliphatic heterocycles. The second-order valence-corrected chi connectivity index (χ2v) is 5.70. The molecule has 0 aliphatic rings. The molecule has 0 amide bonds. The number of hydrogen-bond acceptors (Lipinski definition) is 4. The van der Waals surface area contributed by atoms with Gasteiger partial charge in [-0.2, -0.15) is 0 Å². The Labute approximate surface area is 140 Å². The van der Waals surface area contributed by atoms with Crippen LogP contribution in [0.25, 0.3) is 0 Å². The van der Waals surface area contributed by atoms with Crippen LogP contribution in [-0.2, 0) is 0 Å². The number of nitrogens with two attached hydrogens (primary N) is 1. The smallest absolute Gasteiger partial charge is 0.122 e. The molecule has 5 N–H and O–H groups in total. The van der Waals surface area contributed by atoms with Crippen LogP contribution in [0.4, 0.5) is 0 Å². The minimum atomic E-state index is 0.0688. The van der Waals surface area contributed by atoms with Crippen molar-refractivity contribution < 1.29 is 4.74 Å². The molecular formula is C18H32N4O. The van der Waals surface area contributed by atoms with Gasteiger partial charge in [0.1, 0.15) is 11.6 Å². The van der Waals surface area contributed by atoms with Crippen molar-refractivity contribution in [3.63, 3.8) is 0 Å². The SMILES string of the molecule is CCCCCCNCCNCCCOc1cccc(C(=N)N)c1. The number of unbranched alkanes of at least 4 members (excludes halogenated alkanes) is 3. The lowest BCUT2D eigenvalue weighted by Crippen LogP contribution is -2.29. The van der Waals surface area contributed by atoms with Crippen LogP contribution in [0.5, 0.6) is 5.75 Å². The van der Waals surface area contributed by atoms with Gasteiger partial charge in [0.2, 0.25) is 0 Å². The summed E-state index contributed by atoms with van der Waals surface area (Å²) in [5.41, 5.74) is 6.16. The highest BCUT2D eigenvalue weighted by atomic mass is 16.5. The molecule has 0 heterocycles. The van der Waals surface area contributed by atoms with Crippen molar-refractivity contribution in [2.45, 2.75) is 39.0 Å². The first-order chi connectivity index (χ1) is 11.2. The van der Waals surface area contributed by atoms with E-state index in [9.17, 15) is 0 Å². The van der Waals surface area contributed by atoms with E-state index in [-0.39, 0.29) is 5.84 Å². The zero-order valence-corrected chi connectivity index (χ0v) is 14.4. The van der Waals surface area contributed by atoms with E-state index in [0.717, 1.165) is 38.3 Å². The van der Waals surface area contributed by atoms with Crippen molar-refractivity contribution in [3.8, 4) is 5.75 Å². The van der Waals surface area contributed by atoms with E-state index < -0.39 is 0 Å². The Morgan fingerprint density at radius 1 is 1.04 bits per heavy atom. The summed E-state index contributed by atoms with van der Waals surface area (Å²) in [5, 5.41) is 14.3. The van der Waals surface area contributed by atoms with E-state index in [1.165, 1.54) is 25.7 Å². The molecule has 5 heteroatoms. The maximum atomic E-state index is 7.41. The standard InChI is InChI=1S/C18H32N4O/c1-2-3-4-5-10-21-12-13-22-11-7-14-23-17-9-6-8-16(15-17)18(19)20/h6,8-9,15,21-22H,2-5,7,10-14H2,1H3,(H3,19,20). The molecule has 0 saturated heterocycles. The van der Waals surface area contributed by atoms with Crippen LogP contribution >= 0.6 is 0 Å². The van der Waals surface area contributed by atoms with Gasteiger partial charge in [0.05, 0.1) is 6.61 Å². The Morgan fingerprint density at radius 3 is 2.48 bits per heavy atom. The number of benzene rings is 1. The van der Waals surface area contributed by atoms with Crippen LogP contribution in [0.1, 0.15) is 44.6 Å². The fourth-order valence-electron chi connectivity index (χ4n) is 2.24. The number of rotatable bonds is 14. The third kappa shape index (κ3) is 9.92. The van der Waals surface area contributed by atoms with Crippen molar-refractivity contribution in [1.29, 1.82) is 5.41 Å². The molecule has 1 aromatic rings. The Bertz CT molecular complexity index is 437. The molecule has 130 valence electrons. The molecule has 0 aliphatic carbocycles. The summed E-state index contributed by atoms with van der Waals surface area (Å²) in [7, 11) is 0. The zero-order chi connectivity index (χ0) is 16.8. The highest BCUT2D eigenvalue weighted by Crippen LogP contribution is 2.12. The average Bonchev–Trinajstić information content (AvgIpc) is 2.56. The van der Waals surface area contributed by atoms with E-state index >= 15 is 0 Å².